The van der Waals surface area contributed by atoms with E-state index in [2.05, 4.69) is 45.4 Å². The SMILES string of the molecule is N=Cc1cc(C#Cc2c(F)cc(-c3c(S)cccc3Br)c(N)c2F)cnc1N. The Balaban J connectivity index is 2.11. The van der Waals surface area contributed by atoms with Crippen molar-refractivity contribution in [3.8, 4) is 23.0 Å². The molecule has 0 radical (unpaired) electrons. The molecule has 28 heavy (non-hydrogen) atoms. The van der Waals surface area contributed by atoms with Crippen molar-refractivity contribution >= 4 is 46.3 Å². The standard InChI is InChI=1S/C20H13BrF2N4S/c21-14-2-1-3-16(28)17(14)13-7-15(22)12(18(23)19(13)25)5-4-10-6-11(8-24)20(26)27-9-10/h1-3,6-9,24,28H,25H2,(H2,26,27). The van der Waals surface area contributed by atoms with Gasteiger partial charge in [0, 0.05) is 44.0 Å². The molecule has 4 nitrogen and oxygen atoms in total. The average molecular weight is 459 g/mol. The van der Waals surface area contributed by atoms with Crippen LogP contribution in [0.4, 0.5) is 20.3 Å². The summed E-state index contributed by atoms with van der Waals surface area (Å²) in [6.45, 7) is 0. The van der Waals surface area contributed by atoms with Crippen molar-refractivity contribution in [2.24, 2.45) is 0 Å². The van der Waals surface area contributed by atoms with Gasteiger partial charge in [-0.05, 0) is 24.3 Å². The number of rotatable bonds is 2. The molecule has 140 valence electrons. The minimum atomic E-state index is -0.957. The van der Waals surface area contributed by atoms with E-state index in [-0.39, 0.29) is 17.1 Å². The second kappa shape index (κ2) is 8.00. The predicted molar refractivity (Wildman–Crippen MR) is 114 cm³/mol. The van der Waals surface area contributed by atoms with Crippen LogP contribution in [0.25, 0.3) is 11.1 Å². The van der Waals surface area contributed by atoms with E-state index in [1.54, 1.807) is 18.2 Å². The summed E-state index contributed by atoms with van der Waals surface area (Å²) in [6.07, 6.45) is 2.38. The highest BCUT2D eigenvalue weighted by molar-refractivity contribution is 9.10. The van der Waals surface area contributed by atoms with Gasteiger partial charge in [-0.2, -0.15) is 0 Å². The van der Waals surface area contributed by atoms with Crippen LogP contribution in [-0.2, 0) is 0 Å². The normalized spacial score (nSPS) is 10.3. The minimum Gasteiger partial charge on any atom is -0.396 e. The van der Waals surface area contributed by atoms with Crippen LogP contribution < -0.4 is 11.5 Å². The van der Waals surface area contributed by atoms with E-state index in [9.17, 15) is 8.78 Å². The highest BCUT2D eigenvalue weighted by Crippen LogP contribution is 2.39. The van der Waals surface area contributed by atoms with Gasteiger partial charge in [-0.15, -0.1) is 12.6 Å². The van der Waals surface area contributed by atoms with Gasteiger partial charge in [0.2, 0.25) is 0 Å². The van der Waals surface area contributed by atoms with Gasteiger partial charge in [-0.1, -0.05) is 33.8 Å². The van der Waals surface area contributed by atoms with E-state index in [0.717, 1.165) is 12.3 Å². The van der Waals surface area contributed by atoms with Crippen LogP contribution in [0.5, 0.6) is 0 Å². The van der Waals surface area contributed by atoms with E-state index in [4.69, 9.17) is 16.9 Å². The summed E-state index contributed by atoms with van der Waals surface area (Å²) in [7, 11) is 0. The third-order valence-electron chi connectivity index (χ3n) is 3.95. The van der Waals surface area contributed by atoms with Crippen LogP contribution in [0.2, 0.25) is 0 Å². The number of anilines is 2. The zero-order chi connectivity index (χ0) is 20.4. The van der Waals surface area contributed by atoms with Gasteiger partial charge in [-0.3, -0.25) is 0 Å². The van der Waals surface area contributed by atoms with Crippen LogP contribution in [0.15, 0.2) is 45.9 Å². The lowest BCUT2D eigenvalue weighted by Crippen LogP contribution is -2.02. The molecule has 0 aliphatic carbocycles. The van der Waals surface area contributed by atoms with Crippen LogP contribution in [0.1, 0.15) is 16.7 Å². The maximum atomic E-state index is 14.8. The molecule has 0 aliphatic rings. The average Bonchev–Trinajstić information content (AvgIpc) is 2.66. The molecule has 0 bridgehead atoms. The number of halogens is 3. The molecule has 0 amide bonds. The summed E-state index contributed by atoms with van der Waals surface area (Å²) in [5.41, 5.74) is 12.2. The van der Waals surface area contributed by atoms with E-state index in [0.29, 0.717) is 26.1 Å². The second-order valence-electron chi connectivity index (χ2n) is 5.74. The zero-order valence-electron chi connectivity index (χ0n) is 14.2. The Morgan fingerprint density at radius 1 is 1.18 bits per heavy atom. The summed E-state index contributed by atoms with van der Waals surface area (Å²) in [4.78, 5) is 4.42. The fourth-order valence-electron chi connectivity index (χ4n) is 2.55. The first-order valence-corrected chi connectivity index (χ1v) is 9.10. The number of nitrogen functional groups attached to an aromatic ring is 2. The van der Waals surface area contributed by atoms with E-state index >= 15 is 0 Å². The Kier molecular flexibility index (Phi) is 5.68. The number of hydrogen-bond acceptors (Lipinski definition) is 5. The largest absolute Gasteiger partial charge is 0.396 e. The molecular weight excluding hydrogens is 446 g/mol. The Morgan fingerprint density at radius 2 is 1.93 bits per heavy atom. The number of benzene rings is 2. The van der Waals surface area contributed by atoms with E-state index in [1.165, 1.54) is 12.3 Å². The summed E-state index contributed by atoms with van der Waals surface area (Å²) in [5, 5.41) is 7.27. The zero-order valence-corrected chi connectivity index (χ0v) is 16.7. The first-order chi connectivity index (χ1) is 13.3. The van der Waals surface area contributed by atoms with E-state index < -0.39 is 17.2 Å². The maximum Gasteiger partial charge on any atom is 0.165 e. The Bertz CT molecular complexity index is 1150. The van der Waals surface area contributed by atoms with Gasteiger partial charge in [0.15, 0.2) is 5.82 Å². The smallest absolute Gasteiger partial charge is 0.165 e. The Hall–Kier alpha value is -2.89. The molecule has 0 saturated carbocycles. The Morgan fingerprint density at radius 3 is 2.61 bits per heavy atom. The highest BCUT2D eigenvalue weighted by atomic mass is 79.9. The van der Waals surface area contributed by atoms with Crippen molar-refractivity contribution < 1.29 is 8.78 Å². The van der Waals surface area contributed by atoms with Crippen LogP contribution in [0, 0.1) is 28.9 Å². The molecule has 0 unspecified atom stereocenters. The van der Waals surface area contributed by atoms with Crippen LogP contribution in [-0.4, -0.2) is 11.2 Å². The lowest BCUT2D eigenvalue weighted by atomic mass is 10.00. The number of nitrogens with one attached hydrogen (secondary N) is 1. The predicted octanol–water partition coefficient (Wildman–Crippen LogP) is 4.64. The first kappa shape index (κ1) is 19.9. The molecule has 0 spiro atoms. The number of nitrogens with two attached hydrogens (primary N) is 2. The summed E-state index contributed by atoms with van der Waals surface area (Å²) in [5.74, 6) is 3.43. The van der Waals surface area contributed by atoms with Crippen LogP contribution >= 0.6 is 28.6 Å². The van der Waals surface area contributed by atoms with Gasteiger partial charge in [-0.25, -0.2) is 13.8 Å². The molecule has 0 saturated heterocycles. The third kappa shape index (κ3) is 3.72. The molecule has 0 fully saturated rings. The van der Waals surface area contributed by atoms with Crippen molar-refractivity contribution in [3.63, 3.8) is 0 Å². The summed E-state index contributed by atoms with van der Waals surface area (Å²) >= 11 is 7.70. The fourth-order valence-corrected chi connectivity index (χ4v) is 3.61. The molecule has 1 heterocycles. The molecule has 8 heteroatoms. The third-order valence-corrected chi connectivity index (χ3v) is 4.99. The highest BCUT2D eigenvalue weighted by Gasteiger charge is 2.19. The van der Waals surface area contributed by atoms with Gasteiger partial charge in [0.05, 0.1) is 11.3 Å². The van der Waals surface area contributed by atoms with Crippen LogP contribution in [0.3, 0.4) is 0 Å². The lowest BCUT2D eigenvalue weighted by molar-refractivity contribution is 0.581. The molecule has 2 aromatic carbocycles. The van der Waals surface area contributed by atoms with Gasteiger partial charge >= 0.3 is 0 Å². The number of thiol groups is 1. The lowest BCUT2D eigenvalue weighted by Gasteiger charge is -2.13. The van der Waals surface area contributed by atoms with Crippen molar-refractivity contribution in [1.29, 1.82) is 5.41 Å². The molecule has 3 rings (SSSR count). The maximum absolute atomic E-state index is 14.8. The van der Waals surface area contributed by atoms with Crippen molar-refractivity contribution in [1.82, 2.24) is 4.98 Å². The molecule has 0 aliphatic heterocycles. The number of nitrogens with zero attached hydrogens (tertiary/aromatic N) is 1. The second-order valence-corrected chi connectivity index (χ2v) is 7.07. The van der Waals surface area contributed by atoms with Crippen molar-refractivity contribution in [2.75, 3.05) is 11.5 Å². The Labute approximate surface area is 174 Å². The monoisotopic (exact) mass is 458 g/mol. The van der Waals surface area contributed by atoms with Gasteiger partial charge in [0.1, 0.15) is 11.6 Å². The summed E-state index contributed by atoms with van der Waals surface area (Å²) in [6, 6.07) is 7.81. The van der Waals surface area contributed by atoms with E-state index in [1.807, 2.05) is 0 Å². The number of aromatic nitrogens is 1. The topological polar surface area (TPSA) is 88.8 Å². The van der Waals surface area contributed by atoms with Gasteiger partial charge < -0.3 is 16.9 Å². The minimum absolute atomic E-state index is 0.169. The summed E-state index contributed by atoms with van der Waals surface area (Å²) < 4.78 is 30.1. The molecular formula is C20H13BrF2N4S. The molecule has 5 N–H and O–H groups in total. The molecule has 0 atom stereocenters. The van der Waals surface area contributed by atoms with Gasteiger partial charge in [0.25, 0.3) is 0 Å². The molecule has 3 aromatic rings. The molecule has 1 aromatic heterocycles. The van der Waals surface area contributed by atoms with Crippen molar-refractivity contribution in [3.05, 3.63) is 69.3 Å². The fraction of sp³-hybridized carbons (Fsp3) is 0. The quantitative estimate of drug-likeness (QED) is 0.195. The van der Waals surface area contributed by atoms with Crippen molar-refractivity contribution in [2.45, 2.75) is 4.90 Å². The first-order valence-electron chi connectivity index (χ1n) is 7.86. The number of hydrogen-bond donors (Lipinski definition) is 4. The number of pyridine rings is 1.